The molecule has 0 amide bonds. The Morgan fingerprint density at radius 1 is 1.09 bits per heavy atom. The van der Waals surface area contributed by atoms with E-state index < -0.39 is 11.8 Å². The van der Waals surface area contributed by atoms with Crippen LogP contribution in [0.1, 0.15) is 10.4 Å². The number of ether oxygens (including phenoxy) is 1. The highest BCUT2D eigenvalue weighted by Gasteiger charge is 2.24. The van der Waals surface area contributed by atoms with E-state index in [1.165, 1.54) is 11.7 Å². The summed E-state index contributed by atoms with van der Waals surface area (Å²) < 4.78 is 7.08. The molecule has 0 fully saturated rings. The van der Waals surface area contributed by atoms with Crippen molar-refractivity contribution in [3.63, 3.8) is 0 Å². The Labute approximate surface area is 142 Å². The van der Waals surface area contributed by atoms with Gasteiger partial charge >= 0.3 is 5.97 Å². The van der Waals surface area contributed by atoms with Crippen LogP contribution in [0.2, 0.25) is 0 Å². The van der Waals surface area contributed by atoms with Gasteiger partial charge in [0.2, 0.25) is 0 Å². The Kier molecular flexibility index (Phi) is 5.41. The number of carbonyl (C=O) groups excluding carboxylic acids is 2. The molecule has 6 heteroatoms. The number of allylic oxidation sites excluding steroid dienone is 1. The molecular weight excluding hydrogens is 366 g/mol. The van der Waals surface area contributed by atoms with Crippen LogP contribution in [0.5, 0.6) is 0 Å². The lowest BCUT2D eigenvalue weighted by atomic mass is 10.1. The third-order valence-electron chi connectivity index (χ3n) is 2.88. The number of benzene rings is 1. The van der Waals surface area contributed by atoms with E-state index in [-0.39, 0.29) is 10.6 Å². The van der Waals surface area contributed by atoms with Gasteiger partial charge in [0.15, 0.2) is 18.2 Å². The highest BCUT2D eigenvalue weighted by molar-refractivity contribution is 9.10. The zero-order valence-electron chi connectivity index (χ0n) is 11.7. The van der Waals surface area contributed by atoms with Gasteiger partial charge in [-0.1, -0.05) is 22.0 Å². The smallest absolute Gasteiger partial charge is 0.402 e. The van der Waals surface area contributed by atoms with Gasteiger partial charge in [-0.25, -0.2) is 4.79 Å². The van der Waals surface area contributed by atoms with E-state index in [4.69, 9.17) is 17.4 Å². The van der Waals surface area contributed by atoms with Crippen molar-refractivity contribution in [2.75, 3.05) is 7.11 Å². The van der Waals surface area contributed by atoms with Crippen molar-refractivity contribution in [3.8, 4) is 0 Å². The Balaban J connectivity index is 2.52. The zero-order valence-corrected chi connectivity index (χ0v) is 14.1. The minimum Gasteiger partial charge on any atom is -0.769 e. The van der Waals surface area contributed by atoms with Crippen LogP contribution < -0.4 is 4.57 Å². The van der Waals surface area contributed by atoms with E-state index in [0.717, 1.165) is 4.47 Å². The molecule has 0 spiro atoms. The molecule has 0 radical (unpaired) electrons. The molecule has 0 saturated heterocycles. The molecule has 4 nitrogen and oxygen atoms in total. The summed E-state index contributed by atoms with van der Waals surface area (Å²) in [6.07, 6.45) is 3.26. The summed E-state index contributed by atoms with van der Waals surface area (Å²) in [6, 6.07) is 12.0. The van der Waals surface area contributed by atoms with Crippen LogP contribution in [0.3, 0.4) is 0 Å². The van der Waals surface area contributed by atoms with Gasteiger partial charge in [0.25, 0.3) is 5.70 Å². The van der Waals surface area contributed by atoms with Crippen molar-refractivity contribution in [3.05, 3.63) is 69.8 Å². The van der Waals surface area contributed by atoms with E-state index >= 15 is 0 Å². The summed E-state index contributed by atoms with van der Waals surface area (Å²) in [4.78, 5) is 24.4. The molecule has 112 valence electrons. The first-order chi connectivity index (χ1) is 10.5. The van der Waals surface area contributed by atoms with Crippen LogP contribution in [0.4, 0.5) is 0 Å². The first kappa shape index (κ1) is 16.3. The van der Waals surface area contributed by atoms with Crippen molar-refractivity contribution in [2.24, 2.45) is 0 Å². The van der Waals surface area contributed by atoms with Crippen LogP contribution in [0, 0.1) is 0 Å². The fraction of sp³-hybridized carbons (Fsp3) is 0.0625. The van der Waals surface area contributed by atoms with Crippen molar-refractivity contribution < 1.29 is 18.9 Å². The number of methoxy groups -OCH3 is 1. The summed E-state index contributed by atoms with van der Waals surface area (Å²) in [5, 5.41) is 0. The maximum Gasteiger partial charge on any atom is 0.402 e. The first-order valence-corrected chi connectivity index (χ1v) is 7.51. The highest BCUT2D eigenvalue weighted by atomic mass is 79.9. The largest absolute Gasteiger partial charge is 0.769 e. The molecule has 22 heavy (non-hydrogen) atoms. The summed E-state index contributed by atoms with van der Waals surface area (Å²) in [5.74, 6) is -1.06. The Bertz CT molecular complexity index is 727. The average Bonchev–Trinajstić information content (AvgIpc) is 2.55. The van der Waals surface area contributed by atoms with Crippen molar-refractivity contribution in [1.29, 1.82) is 0 Å². The second-order valence-corrected chi connectivity index (χ2v) is 5.61. The van der Waals surface area contributed by atoms with Crippen LogP contribution in [0.15, 0.2) is 64.2 Å². The van der Waals surface area contributed by atoms with Gasteiger partial charge in [-0.05, 0) is 29.2 Å². The van der Waals surface area contributed by atoms with Gasteiger partial charge in [0.05, 0.1) is 7.11 Å². The van der Waals surface area contributed by atoms with Crippen molar-refractivity contribution >= 4 is 46.0 Å². The maximum absolute atomic E-state index is 12.5. The minimum atomic E-state index is -0.660. The lowest BCUT2D eigenvalue weighted by molar-refractivity contribution is -0.578. The second kappa shape index (κ2) is 7.29. The Morgan fingerprint density at radius 3 is 2.23 bits per heavy atom. The fourth-order valence-electron chi connectivity index (χ4n) is 1.80. The number of hydrogen-bond donors (Lipinski definition) is 0. The molecule has 0 aliphatic heterocycles. The number of carbonyl (C=O) groups is 2. The van der Waals surface area contributed by atoms with Gasteiger partial charge in [-0.3, -0.25) is 4.79 Å². The van der Waals surface area contributed by atoms with Crippen LogP contribution in [-0.4, -0.2) is 18.9 Å². The van der Waals surface area contributed by atoms with E-state index in [0.29, 0.717) is 5.56 Å². The van der Waals surface area contributed by atoms with Gasteiger partial charge in [0.1, 0.15) is 0 Å². The standard InChI is InChI=1S/C16H12BrNO3S/c1-21-16(20)13(18-9-3-2-4-10-18)15(22)14(19)11-5-7-12(17)8-6-11/h2-10H,1H3. The SMILES string of the molecule is COC(=O)/C(=C(/[S-])C(=O)c1ccc(Br)cc1)[n+]1ccccc1. The number of aromatic nitrogens is 1. The first-order valence-electron chi connectivity index (χ1n) is 6.31. The Hall–Kier alpha value is -2.05. The van der Waals surface area contributed by atoms with Crippen LogP contribution >= 0.6 is 15.9 Å². The molecule has 0 unspecified atom stereocenters. The number of Topliss-reactive ketones (excluding diaryl/α,β-unsaturated/α-hetero) is 1. The summed E-state index contributed by atoms with van der Waals surface area (Å²) >= 11 is 8.52. The van der Waals surface area contributed by atoms with E-state index in [9.17, 15) is 9.59 Å². The number of esters is 1. The molecule has 0 N–H and O–H groups in total. The highest BCUT2D eigenvalue weighted by Crippen LogP contribution is 2.16. The van der Waals surface area contributed by atoms with Gasteiger partial charge < -0.3 is 17.4 Å². The lowest BCUT2D eigenvalue weighted by Gasteiger charge is -2.13. The molecule has 2 rings (SSSR count). The lowest BCUT2D eigenvalue weighted by Crippen LogP contribution is -2.38. The quantitative estimate of drug-likeness (QED) is 0.270. The number of hydrogen-bond acceptors (Lipinski definition) is 4. The van der Waals surface area contributed by atoms with Crippen molar-refractivity contribution in [2.45, 2.75) is 0 Å². The molecule has 1 aromatic heterocycles. The number of pyridine rings is 1. The molecule has 0 aliphatic rings. The molecule has 0 aliphatic carbocycles. The normalized spacial score (nSPS) is 11.5. The summed E-state index contributed by atoms with van der Waals surface area (Å²) in [7, 11) is 1.25. The topological polar surface area (TPSA) is 47.3 Å². The average molecular weight is 378 g/mol. The molecule has 0 bridgehead atoms. The monoisotopic (exact) mass is 377 g/mol. The molecule has 1 aromatic carbocycles. The van der Waals surface area contributed by atoms with Crippen molar-refractivity contribution in [1.82, 2.24) is 0 Å². The predicted octanol–water partition coefficient (Wildman–Crippen LogP) is 2.51. The summed E-state index contributed by atoms with van der Waals surface area (Å²) in [6.45, 7) is 0. The van der Waals surface area contributed by atoms with E-state index in [1.54, 1.807) is 54.9 Å². The number of ketones is 1. The zero-order chi connectivity index (χ0) is 16.1. The van der Waals surface area contributed by atoms with Gasteiger partial charge in [0, 0.05) is 22.2 Å². The molecule has 2 aromatic rings. The summed E-state index contributed by atoms with van der Waals surface area (Å²) in [5.41, 5.74) is 0.428. The molecule has 0 atom stereocenters. The molecule has 0 saturated carbocycles. The fourth-order valence-corrected chi connectivity index (χ4v) is 2.37. The number of nitrogens with zero attached hydrogens (tertiary/aromatic N) is 1. The van der Waals surface area contributed by atoms with E-state index in [1.807, 2.05) is 0 Å². The number of halogens is 1. The van der Waals surface area contributed by atoms with Crippen LogP contribution in [-0.2, 0) is 22.2 Å². The van der Waals surface area contributed by atoms with Gasteiger partial charge in [-0.15, -0.1) is 0 Å². The van der Waals surface area contributed by atoms with Gasteiger partial charge in [-0.2, -0.15) is 4.57 Å². The number of rotatable bonds is 4. The second-order valence-electron chi connectivity index (χ2n) is 4.29. The predicted molar refractivity (Wildman–Crippen MR) is 87.7 cm³/mol. The molecule has 1 heterocycles. The van der Waals surface area contributed by atoms with Crippen LogP contribution in [0.25, 0.3) is 5.70 Å². The maximum atomic E-state index is 12.5. The minimum absolute atomic E-state index is 0.0195. The Morgan fingerprint density at radius 2 is 1.68 bits per heavy atom. The molecular formula is C16H12BrNO3S. The third-order valence-corrected chi connectivity index (χ3v) is 3.79. The third kappa shape index (κ3) is 3.58. The van der Waals surface area contributed by atoms with E-state index in [2.05, 4.69) is 15.9 Å².